The molecule has 1 rings (SSSR count). The number of halogens is 1. The van der Waals surface area contributed by atoms with Crippen molar-refractivity contribution in [2.24, 2.45) is 7.05 Å². The summed E-state index contributed by atoms with van der Waals surface area (Å²) in [6.07, 6.45) is 4.01. The molecule has 0 amide bonds. The van der Waals surface area contributed by atoms with Crippen LogP contribution in [0.2, 0.25) is 0 Å². The van der Waals surface area contributed by atoms with E-state index in [2.05, 4.69) is 5.32 Å². The first-order valence-electron chi connectivity index (χ1n) is 2.96. The predicted molar refractivity (Wildman–Crippen MR) is 37.2 cm³/mol. The van der Waals surface area contributed by atoms with Crippen LogP contribution in [0.3, 0.4) is 0 Å². The molecule has 0 aliphatic carbocycles. The van der Waals surface area contributed by atoms with Gasteiger partial charge in [0.05, 0.1) is 0 Å². The van der Waals surface area contributed by atoms with Gasteiger partial charge in [0, 0.05) is 24.9 Å². The van der Waals surface area contributed by atoms with E-state index in [1.807, 2.05) is 43.2 Å². The lowest BCUT2D eigenvalue weighted by molar-refractivity contribution is -0.671. The van der Waals surface area contributed by atoms with Crippen LogP contribution in [0.25, 0.3) is 0 Å². The largest absolute Gasteiger partial charge is 1.00 e. The van der Waals surface area contributed by atoms with E-state index in [1.165, 1.54) is 0 Å². The summed E-state index contributed by atoms with van der Waals surface area (Å²) in [4.78, 5) is 0. The van der Waals surface area contributed by atoms with Crippen LogP contribution >= 0.6 is 0 Å². The fourth-order valence-electron chi connectivity index (χ4n) is 0.668. The van der Waals surface area contributed by atoms with Gasteiger partial charge in [0.15, 0.2) is 12.4 Å². The highest BCUT2D eigenvalue weighted by Crippen LogP contribution is 1.98. The Labute approximate surface area is 67.3 Å². The van der Waals surface area contributed by atoms with Crippen LogP contribution in [0, 0.1) is 0 Å². The second kappa shape index (κ2) is 4.12. The maximum Gasteiger partial charge on any atom is 0.170 e. The summed E-state index contributed by atoms with van der Waals surface area (Å²) in [6, 6.07) is 4.06. The lowest BCUT2D eigenvalue weighted by Crippen LogP contribution is -3.00. The molecule has 0 aliphatic heterocycles. The van der Waals surface area contributed by atoms with E-state index in [0.717, 1.165) is 5.69 Å². The first-order valence-corrected chi connectivity index (χ1v) is 2.96. The Morgan fingerprint density at radius 3 is 2.20 bits per heavy atom. The minimum Gasteiger partial charge on any atom is -1.00 e. The third-order valence-electron chi connectivity index (χ3n) is 1.27. The molecule has 1 aromatic heterocycles. The molecule has 0 radical (unpaired) electrons. The molecule has 1 aromatic rings. The number of nitrogens with zero attached hydrogens (tertiary/aromatic N) is 1. The Hall–Kier alpha value is -0.760. The summed E-state index contributed by atoms with van der Waals surface area (Å²) < 4.78 is 2.00. The maximum absolute atomic E-state index is 3.04. The zero-order valence-corrected chi connectivity index (χ0v) is 6.89. The lowest BCUT2D eigenvalue weighted by Gasteiger charge is -1.93. The minimum atomic E-state index is 0. The molecule has 0 spiro atoms. The first-order chi connectivity index (χ1) is 4.33. The van der Waals surface area contributed by atoms with Crippen molar-refractivity contribution < 1.29 is 17.0 Å². The van der Waals surface area contributed by atoms with Crippen LogP contribution in [-0.4, -0.2) is 7.05 Å². The second-order valence-corrected chi connectivity index (χ2v) is 2.00. The van der Waals surface area contributed by atoms with Gasteiger partial charge in [0.25, 0.3) is 0 Å². The molecule has 56 valence electrons. The molecule has 2 nitrogen and oxygen atoms in total. The SMILES string of the molecule is CNc1cc[n+](C)cc1.[Cl-]. The van der Waals surface area contributed by atoms with Gasteiger partial charge >= 0.3 is 0 Å². The van der Waals surface area contributed by atoms with Gasteiger partial charge in [-0.25, -0.2) is 4.57 Å². The lowest BCUT2D eigenvalue weighted by atomic mass is 10.4. The second-order valence-electron chi connectivity index (χ2n) is 2.00. The van der Waals surface area contributed by atoms with Crippen LogP contribution < -0.4 is 22.3 Å². The van der Waals surface area contributed by atoms with E-state index in [1.54, 1.807) is 0 Å². The Balaban J connectivity index is 0.000000810. The van der Waals surface area contributed by atoms with E-state index in [9.17, 15) is 0 Å². The standard InChI is InChI=1S/C7H10N2.ClH/c1-8-7-3-5-9(2)6-4-7;/h3-6H,1-2H3;1H. The van der Waals surface area contributed by atoms with Gasteiger partial charge in [-0.2, -0.15) is 0 Å². The highest BCUT2D eigenvalue weighted by atomic mass is 35.5. The number of hydrogen-bond donors (Lipinski definition) is 1. The third-order valence-corrected chi connectivity index (χ3v) is 1.27. The molecular weight excluding hydrogens is 148 g/mol. The van der Waals surface area contributed by atoms with Crippen LogP contribution in [0.5, 0.6) is 0 Å². The summed E-state index contributed by atoms with van der Waals surface area (Å²) in [6.45, 7) is 0. The van der Waals surface area contributed by atoms with Crippen molar-refractivity contribution in [2.75, 3.05) is 12.4 Å². The number of anilines is 1. The highest BCUT2D eigenvalue weighted by Gasteiger charge is 1.89. The van der Waals surface area contributed by atoms with Crippen molar-refractivity contribution in [1.29, 1.82) is 0 Å². The Kier molecular flexibility index (Phi) is 3.81. The first kappa shape index (κ1) is 9.24. The number of pyridine rings is 1. The molecule has 0 saturated carbocycles. The number of hydrogen-bond acceptors (Lipinski definition) is 1. The zero-order chi connectivity index (χ0) is 6.69. The van der Waals surface area contributed by atoms with Crippen LogP contribution in [0.1, 0.15) is 0 Å². The number of aryl methyl sites for hydroxylation is 1. The molecule has 1 N–H and O–H groups in total. The molecule has 3 heteroatoms. The fourth-order valence-corrected chi connectivity index (χ4v) is 0.668. The van der Waals surface area contributed by atoms with Crippen molar-refractivity contribution >= 4 is 5.69 Å². The zero-order valence-electron chi connectivity index (χ0n) is 6.13. The van der Waals surface area contributed by atoms with Gasteiger partial charge in [0.1, 0.15) is 7.05 Å². The van der Waals surface area contributed by atoms with Crippen molar-refractivity contribution in [3.63, 3.8) is 0 Å². The Morgan fingerprint density at radius 1 is 1.30 bits per heavy atom. The minimum absolute atomic E-state index is 0. The molecule has 0 aliphatic rings. The average molecular weight is 159 g/mol. The predicted octanol–water partition coefficient (Wildman–Crippen LogP) is -2.44. The van der Waals surface area contributed by atoms with Gasteiger partial charge in [-0.05, 0) is 0 Å². The van der Waals surface area contributed by atoms with Crippen molar-refractivity contribution in [2.45, 2.75) is 0 Å². The van der Waals surface area contributed by atoms with Gasteiger partial charge in [-0.15, -0.1) is 0 Å². The van der Waals surface area contributed by atoms with E-state index >= 15 is 0 Å². The monoisotopic (exact) mass is 158 g/mol. The van der Waals surface area contributed by atoms with Gasteiger partial charge < -0.3 is 17.7 Å². The molecular formula is C7H11ClN2. The van der Waals surface area contributed by atoms with E-state index in [-0.39, 0.29) is 12.4 Å². The topological polar surface area (TPSA) is 15.9 Å². The molecule has 0 fully saturated rings. The van der Waals surface area contributed by atoms with Crippen molar-refractivity contribution in [1.82, 2.24) is 0 Å². The molecule has 0 atom stereocenters. The molecule has 0 saturated heterocycles. The van der Waals surface area contributed by atoms with Gasteiger partial charge in [-0.3, -0.25) is 0 Å². The van der Waals surface area contributed by atoms with Crippen molar-refractivity contribution in [3.05, 3.63) is 24.5 Å². The van der Waals surface area contributed by atoms with Gasteiger partial charge in [-0.1, -0.05) is 0 Å². The molecule has 0 aromatic carbocycles. The molecule has 1 heterocycles. The average Bonchev–Trinajstić information content (AvgIpc) is 1.90. The summed E-state index contributed by atoms with van der Waals surface area (Å²) in [5.74, 6) is 0. The Morgan fingerprint density at radius 2 is 1.80 bits per heavy atom. The molecule has 0 unspecified atom stereocenters. The number of nitrogens with one attached hydrogen (secondary N) is 1. The summed E-state index contributed by atoms with van der Waals surface area (Å²) in [5, 5.41) is 3.04. The summed E-state index contributed by atoms with van der Waals surface area (Å²) >= 11 is 0. The van der Waals surface area contributed by atoms with Crippen LogP contribution in [0.15, 0.2) is 24.5 Å². The highest BCUT2D eigenvalue weighted by molar-refractivity contribution is 5.38. The van der Waals surface area contributed by atoms with Crippen LogP contribution in [-0.2, 0) is 7.05 Å². The maximum atomic E-state index is 3.04. The normalized spacial score (nSPS) is 8.20. The quantitative estimate of drug-likeness (QED) is 0.449. The third kappa shape index (κ3) is 2.23. The summed E-state index contributed by atoms with van der Waals surface area (Å²) in [5.41, 5.74) is 1.15. The van der Waals surface area contributed by atoms with E-state index < -0.39 is 0 Å². The van der Waals surface area contributed by atoms with E-state index in [4.69, 9.17) is 0 Å². The Bertz CT molecular complexity index is 183. The summed E-state index contributed by atoms with van der Waals surface area (Å²) in [7, 11) is 3.91. The molecule has 0 bridgehead atoms. The fraction of sp³-hybridized carbons (Fsp3) is 0.286. The number of aromatic nitrogens is 1. The van der Waals surface area contributed by atoms with Gasteiger partial charge in [0.2, 0.25) is 0 Å². The van der Waals surface area contributed by atoms with E-state index in [0.29, 0.717) is 0 Å². The smallest absolute Gasteiger partial charge is 0.170 e. The number of rotatable bonds is 1. The molecule has 10 heavy (non-hydrogen) atoms. The van der Waals surface area contributed by atoms with Crippen LogP contribution in [0.4, 0.5) is 5.69 Å². The van der Waals surface area contributed by atoms with Crippen molar-refractivity contribution in [3.8, 4) is 0 Å².